The van der Waals surface area contributed by atoms with Crippen LogP contribution in [-0.2, 0) is 16.0 Å². The second kappa shape index (κ2) is 5.54. The van der Waals surface area contributed by atoms with Crippen LogP contribution >= 0.6 is 0 Å². The number of carbonyl (C=O) groups is 1. The lowest BCUT2D eigenvalue weighted by Crippen LogP contribution is -2.47. The number of aliphatic hydroxyl groups is 1. The van der Waals surface area contributed by atoms with Gasteiger partial charge in [-0.3, -0.25) is 4.79 Å². The van der Waals surface area contributed by atoms with Crippen molar-refractivity contribution in [2.24, 2.45) is 0 Å². The first-order valence-corrected chi connectivity index (χ1v) is 7.31. The van der Waals surface area contributed by atoms with Gasteiger partial charge in [0, 0.05) is 25.3 Å². The van der Waals surface area contributed by atoms with Crippen LogP contribution < -0.4 is 16.4 Å². The van der Waals surface area contributed by atoms with Crippen LogP contribution in [0.3, 0.4) is 0 Å². The molecule has 0 atom stereocenters. The maximum Gasteiger partial charge on any atom is 0.224 e. The molecule has 1 aromatic rings. The van der Waals surface area contributed by atoms with E-state index in [0.717, 1.165) is 29.8 Å². The molecule has 2 heterocycles. The Kier molecular flexibility index (Phi) is 3.73. The molecule has 0 aromatic heterocycles. The summed E-state index contributed by atoms with van der Waals surface area (Å²) in [5, 5.41) is 16.0. The van der Waals surface area contributed by atoms with E-state index in [-0.39, 0.29) is 12.5 Å². The number of benzene rings is 1. The Hall–Kier alpha value is -1.79. The quantitative estimate of drug-likeness (QED) is 0.626. The Morgan fingerprint density at radius 2 is 2.10 bits per heavy atom. The molecule has 1 fully saturated rings. The van der Waals surface area contributed by atoms with Crippen LogP contribution in [0.25, 0.3) is 0 Å². The predicted molar refractivity (Wildman–Crippen MR) is 81.3 cm³/mol. The molecule has 2 aliphatic heterocycles. The SMILES string of the molecule is Nc1cc2c(cc1NC1(CO)CCOCC1)NC(=O)CC2. The number of carbonyl (C=O) groups excluding carboxylic acids is 1. The van der Waals surface area contributed by atoms with Gasteiger partial charge in [0.15, 0.2) is 0 Å². The number of aliphatic hydroxyl groups excluding tert-OH is 1. The maximum absolute atomic E-state index is 11.5. The van der Waals surface area contributed by atoms with E-state index in [2.05, 4.69) is 10.6 Å². The monoisotopic (exact) mass is 291 g/mol. The average Bonchev–Trinajstić information content (AvgIpc) is 2.49. The molecule has 1 amide bonds. The van der Waals surface area contributed by atoms with Crippen molar-refractivity contribution in [1.82, 2.24) is 0 Å². The van der Waals surface area contributed by atoms with Gasteiger partial charge in [-0.05, 0) is 37.0 Å². The van der Waals surface area contributed by atoms with Crippen LogP contribution in [0.5, 0.6) is 0 Å². The first-order chi connectivity index (χ1) is 10.1. The molecule has 0 aliphatic carbocycles. The summed E-state index contributed by atoms with van der Waals surface area (Å²) < 4.78 is 5.36. The largest absolute Gasteiger partial charge is 0.397 e. The Balaban J connectivity index is 1.88. The van der Waals surface area contributed by atoms with Crippen molar-refractivity contribution in [1.29, 1.82) is 0 Å². The molecule has 6 heteroatoms. The third-order valence-electron chi connectivity index (χ3n) is 4.32. The van der Waals surface area contributed by atoms with Crippen molar-refractivity contribution in [2.45, 2.75) is 31.2 Å². The number of hydrogen-bond donors (Lipinski definition) is 4. The highest BCUT2D eigenvalue weighted by atomic mass is 16.5. The van der Waals surface area contributed by atoms with Crippen LogP contribution in [-0.4, -0.2) is 36.4 Å². The van der Waals surface area contributed by atoms with Crippen molar-refractivity contribution in [3.05, 3.63) is 17.7 Å². The van der Waals surface area contributed by atoms with Crippen LogP contribution in [0.2, 0.25) is 0 Å². The molecule has 1 aromatic carbocycles. The van der Waals surface area contributed by atoms with Crippen molar-refractivity contribution >= 4 is 23.0 Å². The summed E-state index contributed by atoms with van der Waals surface area (Å²) >= 11 is 0. The molecular formula is C15H21N3O3. The van der Waals surface area contributed by atoms with Crippen LogP contribution in [0, 0.1) is 0 Å². The smallest absolute Gasteiger partial charge is 0.224 e. The van der Waals surface area contributed by atoms with Gasteiger partial charge in [0.05, 0.1) is 23.5 Å². The Bertz CT molecular complexity index is 553. The maximum atomic E-state index is 11.5. The number of hydrogen-bond acceptors (Lipinski definition) is 5. The number of rotatable bonds is 3. The van der Waals surface area contributed by atoms with Crippen molar-refractivity contribution < 1.29 is 14.6 Å². The number of ether oxygens (including phenoxy) is 1. The molecule has 0 spiro atoms. The zero-order valence-corrected chi connectivity index (χ0v) is 11.9. The molecule has 0 bridgehead atoms. The number of nitrogen functional groups attached to an aromatic ring is 1. The van der Waals surface area contributed by atoms with E-state index in [4.69, 9.17) is 10.5 Å². The molecule has 2 aliphatic rings. The van der Waals surface area contributed by atoms with Crippen molar-refractivity contribution in [2.75, 3.05) is 36.2 Å². The average molecular weight is 291 g/mol. The summed E-state index contributed by atoms with van der Waals surface area (Å²) in [4.78, 5) is 11.5. The first kappa shape index (κ1) is 14.2. The van der Waals surface area contributed by atoms with Crippen molar-refractivity contribution in [3.8, 4) is 0 Å². The summed E-state index contributed by atoms with van der Waals surface area (Å²) in [6.07, 6.45) is 2.67. The van der Waals surface area contributed by atoms with E-state index in [1.807, 2.05) is 12.1 Å². The summed E-state index contributed by atoms with van der Waals surface area (Å²) in [6, 6.07) is 3.77. The fourth-order valence-electron chi connectivity index (χ4n) is 2.93. The number of aryl methyl sites for hydroxylation is 1. The molecule has 3 rings (SSSR count). The Morgan fingerprint density at radius 3 is 2.81 bits per heavy atom. The highest BCUT2D eigenvalue weighted by Gasteiger charge is 2.32. The zero-order valence-electron chi connectivity index (χ0n) is 11.9. The molecule has 0 radical (unpaired) electrons. The number of nitrogens with one attached hydrogen (secondary N) is 2. The summed E-state index contributed by atoms with van der Waals surface area (Å²) in [7, 11) is 0. The fourth-order valence-corrected chi connectivity index (χ4v) is 2.93. The van der Waals surface area contributed by atoms with Gasteiger partial charge >= 0.3 is 0 Å². The summed E-state index contributed by atoms with van der Waals surface area (Å²) in [5.41, 5.74) is 8.98. The van der Waals surface area contributed by atoms with E-state index in [1.165, 1.54) is 0 Å². The second-order valence-electron chi connectivity index (χ2n) is 5.82. The topological polar surface area (TPSA) is 96.6 Å². The number of anilines is 3. The highest BCUT2D eigenvalue weighted by Crippen LogP contribution is 2.34. The fraction of sp³-hybridized carbons (Fsp3) is 0.533. The van der Waals surface area contributed by atoms with Gasteiger partial charge < -0.3 is 26.2 Å². The molecule has 0 saturated carbocycles. The van der Waals surface area contributed by atoms with E-state index in [9.17, 15) is 9.90 Å². The van der Waals surface area contributed by atoms with Gasteiger partial charge in [-0.15, -0.1) is 0 Å². The normalized spacial score (nSPS) is 20.5. The summed E-state index contributed by atoms with van der Waals surface area (Å²) in [6.45, 7) is 1.27. The lowest BCUT2D eigenvalue weighted by atomic mass is 9.90. The number of amides is 1. The van der Waals surface area contributed by atoms with Gasteiger partial charge in [-0.2, -0.15) is 0 Å². The first-order valence-electron chi connectivity index (χ1n) is 7.31. The molecule has 114 valence electrons. The van der Waals surface area contributed by atoms with E-state index in [0.29, 0.717) is 31.7 Å². The minimum absolute atomic E-state index is 0.0270. The number of nitrogens with two attached hydrogens (primary N) is 1. The Morgan fingerprint density at radius 1 is 1.33 bits per heavy atom. The lowest BCUT2D eigenvalue weighted by Gasteiger charge is -2.38. The molecule has 6 nitrogen and oxygen atoms in total. The standard InChI is InChI=1S/C15H21N3O3/c16-11-7-10-1-2-14(20)17-12(10)8-13(11)18-15(9-19)3-5-21-6-4-15/h7-8,18-19H,1-6,9,16H2,(H,17,20). The van der Waals surface area contributed by atoms with Gasteiger partial charge in [0.25, 0.3) is 0 Å². The summed E-state index contributed by atoms with van der Waals surface area (Å²) in [5.74, 6) is 0.0289. The van der Waals surface area contributed by atoms with Gasteiger partial charge in [0.2, 0.25) is 5.91 Å². The minimum atomic E-state index is -0.403. The third-order valence-corrected chi connectivity index (χ3v) is 4.32. The predicted octanol–water partition coefficient (Wildman–Crippen LogP) is 1.11. The molecule has 21 heavy (non-hydrogen) atoms. The van der Waals surface area contributed by atoms with Crippen molar-refractivity contribution in [3.63, 3.8) is 0 Å². The second-order valence-corrected chi connectivity index (χ2v) is 5.82. The van der Waals surface area contributed by atoms with E-state index >= 15 is 0 Å². The molecule has 5 N–H and O–H groups in total. The molecule has 0 unspecified atom stereocenters. The van der Waals surface area contributed by atoms with Gasteiger partial charge in [0.1, 0.15) is 0 Å². The van der Waals surface area contributed by atoms with Crippen LogP contribution in [0.1, 0.15) is 24.8 Å². The highest BCUT2D eigenvalue weighted by molar-refractivity contribution is 5.95. The molecular weight excluding hydrogens is 270 g/mol. The van der Waals surface area contributed by atoms with Crippen LogP contribution in [0.15, 0.2) is 12.1 Å². The van der Waals surface area contributed by atoms with Crippen LogP contribution in [0.4, 0.5) is 17.1 Å². The van der Waals surface area contributed by atoms with Gasteiger partial charge in [-0.25, -0.2) is 0 Å². The minimum Gasteiger partial charge on any atom is -0.397 e. The lowest BCUT2D eigenvalue weighted by molar-refractivity contribution is -0.116. The zero-order chi connectivity index (χ0) is 14.9. The van der Waals surface area contributed by atoms with E-state index in [1.54, 1.807) is 0 Å². The molecule has 1 saturated heterocycles. The Labute approximate surface area is 123 Å². The third kappa shape index (κ3) is 2.82. The van der Waals surface area contributed by atoms with E-state index < -0.39 is 5.54 Å². The van der Waals surface area contributed by atoms with Gasteiger partial charge in [-0.1, -0.05) is 0 Å². The number of fused-ring (bicyclic) bond motifs is 1.